The van der Waals surface area contributed by atoms with Crippen LogP contribution in [-0.4, -0.2) is 44.5 Å². The molecule has 2 aromatic carbocycles. The maximum atomic E-state index is 12.9. The molecule has 4 aromatic rings. The molecular formula is C24H22N6O5. The lowest BCUT2D eigenvalue weighted by molar-refractivity contribution is -0.120. The number of anilines is 1. The number of benzene rings is 2. The van der Waals surface area contributed by atoms with Gasteiger partial charge in [0.2, 0.25) is 5.91 Å². The van der Waals surface area contributed by atoms with Crippen molar-refractivity contribution in [3.63, 3.8) is 0 Å². The number of nitrogens with zero attached hydrogens (tertiary/aromatic N) is 4. The van der Waals surface area contributed by atoms with Crippen LogP contribution < -0.4 is 25.7 Å². The highest BCUT2D eigenvalue weighted by Gasteiger charge is 2.16. The zero-order chi connectivity index (χ0) is 24.5. The van der Waals surface area contributed by atoms with Crippen molar-refractivity contribution in [1.82, 2.24) is 24.6 Å². The molecule has 3 amide bonds. The number of hydrogen-bond donors (Lipinski definition) is 2. The molecule has 0 saturated carbocycles. The number of rotatable bonds is 4. The summed E-state index contributed by atoms with van der Waals surface area (Å²) in [5.74, 6) is 0.416. The fourth-order valence-corrected chi connectivity index (χ4v) is 3.93. The standard InChI is InChI=1S/C24H22N6O5/c1-14-7-15(2)9-17(8-14)30-22-18(11-26-30)23(32)29(13-25-22)12-21(31)28-24(33)27-16-3-4-19-20(10-16)35-6-5-34-19/h3-4,7-11,13H,5-6,12H2,1-2H3,(H2,27,28,31,33). The van der Waals surface area contributed by atoms with E-state index in [1.165, 1.54) is 12.5 Å². The maximum absolute atomic E-state index is 12.9. The van der Waals surface area contributed by atoms with Gasteiger partial charge in [-0.15, -0.1) is 0 Å². The van der Waals surface area contributed by atoms with Gasteiger partial charge < -0.3 is 14.8 Å². The number of nitrogens with one attached hydrogen (secondary N) is 2. The summed E-state index contributed by atoms with van der Waals surface area (Å²) in [5.41, 5.74) is 3.28. The molecule has 35 heavy (non-hydrogen) atoms. The summed E-state index contributed by atoms with van der Waals surface area (Å²) >= 11 is 0. The molecule has 0 saturated heterocycles. The average Bonchev–Trinajstić information content (AvgIpc) is 3.25. The number of amides is 3. The van der Waals surface area contributed by atoms with Crippen LogP contribution in [0, 0.1) is 13.8 Å². The van der Waals surface area contributed by atoms with Crippen molar-refractivity contribution in [1.29, 1.82) is 0 Å². The largest absolute Gasteiger partial charge is 0.486 e. The van der Waals surface area contributed by atoms with Crippen molar-refractivity contribution in [3.05, 3.63) is 70.4 Å². The molecule has 5 rings (SSSR count). The van der Waals surface area contributed by atoms with Crippen molar-refractivity contribution in [2.75, 3.05) is 18.5 Å². The molecular weight excluding hydrogens is 452 g/mol. The van der Waals surface area contributed by atoms with E-state index in [9.17, 15) is 14.4 Å². The zero-order valence-electron chi connectivity index (χ0n) is 19.1. The van der Waals surface area contributed by atoms with Gasteiger partial charge in [0.15, 0.2) is 17.1 Å². The van der Waals surface area contributed by atoms with Crippen LogP contribution in [0.5, 0.6) is 11.5 Å². The number of carbonyl (C=O) groups is 2. The average molecular weight is 474 g/mol. The third kappa shape index (κ3) is 4.56. The summed E-state index contributed by atoms with van der Waals surface area (Å²) in [6, 6.07) is 10.1. The normalized spacial score (nSPS) is 12.4. The molecule has 0 fully saturated rings. The number of fused-ring (bicyclic) bond motifs is 2. The second kappa shape index (κ2) is 8.93. The van der Waals surface area contributed by atoms with Crippen molar-refractivity contribution in [2.45, 2.75) is 20.4 Å². The Morgan fingerprint density at radius 1 is 1.03 bits per heavy atom. The summed E-state index contributed by atoms with van der Waals surface area (Å²) < 4.78 is 13.6. The first-order chi connectivity index (χ1) is 16.9. The van der Waals surface area contributed by atoms with Gasteiger partial charge in [-0.3, -0.25) is 19.5 Å². The molecule has 0 atom stereocenters. The molecule has 11 nitrogen and oxygen atoms in total. The van der Waals surface area contributed by atoms with Crippen LogP contribution in [0.4, 0.5) is 10.5 Å². The predicted molar refractivity (Wildman–Crippen MR) is 127 cm³/mol. The molecule has 0 unspecified atom stereocenters. The molecule has 1 aliphatic rings. The van der Waals surface area contributed by atoms with E-state index in [0.29, 0.717) is 36.0 Å². The Morgan fingerprint density at radius 2 is 1.77 bits per heavy atom. The van der Waals surface area contributed by atoms with Crippen molar-refractivity contribution < 1.29 is 19.1 Å². The van der Waals surface area contributed by atoms with E-state index in [-0.39, 0.29) is 11.9 Å². The Labute approximate surface area is 199 Å². The number of aromatic nitrogens is 4. The number of imide groups is 1. The van der Waals surface area contributed by atoms with E-state index in [0.717, 1.165) is 21.4 Å². The van der Waals surface area contributed by atoms with E-state index >= 15 is 0 Å². The Balaban J connectivity index is 1.28. The van der Waals surface area contributed by atoms with Crippen LogP contribution in [-0.2, 0) is 11.3 Å². The number of hydrogen-bond acceptors (Lipinski definition) is 7. The molecule has 11 heteroatoms. The maximum Gasteiger partial charge on any atom is 0.325 e. The number of aryl methyl sites for hydroxylation is 2. The Morgan fingerprint density at radius 3 is 2.54 bits per heavy atom. The molecule has 0 aliphatic carbocycles. The molecule has 0 bridgehead atoms. The number of urea groups is 1. The van der Waals surface area contributed by atoms with Gasteiger partial charge in [0.25, 0.3) is 5.56 Å². The molecule has 3 heterocycles. The molecule has 0 radical (unpaired) electrons. The van der Waals surface area contributed by atoms with Crippen LogP contribution in [0.3, 0.4) is 0 Å². The molecule has 2 N–H and O–H groups in total. The van der Waals surface area contributed by atoms with E-state index < -0.39 is 17.5 Å². The summed E-state index contributed by atoms with van der Waals surface area (Å²) in [6.45, 7) is 4.44. The van der Waals surface area contributed by atoms with Gasteiger partial charge in [0.05, 0.1) is 11.9 Å². The Kier molecular flexibility index (Phi) is 5.65. The number of ether oxygens (including phenoxy) is 2. The highest BCUT2D eigenvalue weighted by atomic mass is 16.6. The number of carbonyl (C=O) groups excluding carboxylic acids is 2. The van der Waals surface area contributed by atoms with E-state index in [1.54, 1.807) is 22.9 Å². The lowest BCUT2D eigenvalue weighted by Gasteiger charge is -2.19. The SMILES string of the molecule is Cc1cc(C)cc(-n2ncc3c(=O)n(CC(=O)NC(=O)Nc4ccc5c(c4)OCCO5)cnc32)c1. The van der Waals surface area contributed by atoms with Crippen LogP contribution in [0.25, 0.3) is 16.7 Å². The minimum Gasteiger partial charge on any atom is -0.486 e. The smallest absolute Gasteiger partial charge is 0.325 e. The fourth-order valence-electron chi connectivity index (χ4n) is 3.93. The molecule has 0 spiro atoms. The van der Waals surface area contributed by atoms with E-state index in [4.69, 9.17) is 9.47 Å². The van der Waals surface area contributed by atoms with Crippen LogP contribution in [0.1, 0.15) is 11.1 Å². The van der Waals surface area contributed by atoms with Crippen LogP contribution >= 0.6 is 0 Å². The molecule has 178 valence electrons. The lowest BCUT2D eigenvalue weighted by Crippen LogP contribution is -2.38. The minimum absolute atomic E-state index is 0.264. The van der Waals surface area contributed by atoms with Gasteiger partial charge in [-0.2, -0.15) is 5.10 Å². The summed E-state index contributed by atoms with van der Waals surface area (Å²) in [7, 11) is 0. The Bertz CT molecular complexity index is 1500. The first-order valence-electron chi connectivity index (χ1n) is 10.9. The van der Waals surface area contributed by atoms with Crippen LogP contribution in [0.2, 0.25) is 0 Å². The second-order valence-corrected chi connectivity index (χ2v) is 8.18. The lowest BCUT2D eigenvalue weighted by atomic mass is 10.1. The Hall–Kier alpha value is -4.67. The highest BCUT2D eigenvalue weighted by Crippen LogP contribution is 2.32. The van der Waals surface area contributed by atoms with Gasteiger partial charge in [0.1, 0.15) is 31.5 Å². The summed E-state index contributed by atoms with van der Waals surface area (Å²) in [4.78, 5) is 41.9. The van der Waals surface area contributed by atoms with Crippen molar-refractivity contribution in [3.8, 4) is 17.2 Å². The van der Waals surface area contributed by atoms with Gasteiger partial charge in [0, 0.05) is 11.8 Å². The third-order valence-electron chi connectivity index (χ3n) is 5.37. The summed E-state index contributed by atoms with van der Waals surface area (Å²) in [5, 5.41) is 9.34. The minimum atomic E-state index is -0.739. The van der Waals surface area contributed by atoms with Gasteiger partial charge in [-0.25, -0.2) is 14.5 Å². The van der Waals surface area contributed by atoms with Crippen molar-refractivity contribution in [2.24, 2.45) is 0 Å². The monoisotopic (exact) mass is 474 g/mol. The van der Waals surface area contributed by atoms with Gasteiger partial charge >= 0.3 is 6.03 Å². The van der Waals surface area contributed by atoms with E-state index in [2.05, 4.69) is 20.7 Å². The molecule has 2 aromatic heterocycles. The first-order valence-corrected chi connectivity index (χ1v) is 10.9. The highest BCUT2D eigenvalue weighted by molar-refractivity contribution is 6.01. The van der Waals surface area contributed by atoms with Gasteiger partial charge in [-0.1, -0.05) is 6.07 Å². The molecule has 1 aliphatic heterocycles. The first kappa shape index (κ1) is 22.1. The van der Waals surface area contributed by atoms with E-state index in [1.807, 2.05) is 32.0 Å². The fraction of sp³-hybridized carbons (Fsp3) is 0.208. The summed E-state index contributed by atoms with van der Waals surface area (Å²) in [6.07, 6.45) is 2.69. The quantitative estimate of drug-likeness (QED) is 0.464. The van der Waals surface area contributed by atoms with Crippen molar-refractivity contribution >= 4 is 28.7 Å². The predicted octanol–water partition coefficient (Wildman–Crippen LogP) is 2.32. The van der Waals surface area contributed by atoms with Gasteiger partial charge in [-0.05, 0) is 49.2 Å². The zero-order valence-corrected chi connectivity index (χ0v) is 19.1. The topological polar surface area (TPSA) is 129 Å². The van der Waals surface area contributed by atoms with Crippen LogP contribution in [0.15, 0.2) is 53.7 Å². The second-order valence-electron chi connectivity index (χ2n) is 8.18. The third-order valence-corrected chi connectivity index (χ3v) is 5.37.